The van der Waals surface area contributed by atoms with Crippen LogP contribution in [-0.2, 0) is 17.4 Å². The summed E-state index contributed by atoms with van der Waals surface area (Å²) in [5.41, 5.74) is -1.17. The summed E-state index contributed by atoms with van der Waals surface area (Å²) in [6.45, 7) is 1.47. The maximum atomic E-state index is 12.6. The van der Waals surface area contributed by atoms with Crippen LogP contribution in [0.4, 0.5) is 13.2 Å². The summed E-state index contributed by atoms with van der Waals surface area (Å²) in [5.74, 6) is -1.22. The van der Waals surface area contributed by atoms with Crippen molar-refractivity contribution in [3.05, 3.63) is 34.4 Å². The Hall–Kier alpha value is -2.03. The summed E-state index contributed by atoms with van der Waals surface area (Å²) in [6, 6.07) is 3.24. The average Bonchev–Trinajstić information content (AvgIpc) is 2.18. The van der Waals surface area contributed by atoms with E-state index in [-0.39, 0.29) is 5.56 Å². The first-order valence-electron chi connectivity index (χ1n) is 4.58. The number of nitriles is 1. The molecule has 17 heavy (non-hydrogen) atoms. The fourth-order valence-electron chi connectivity index (χ4n) is 1.43. The highest BCUT2D eigenvalue weighted by molar-refractivity contribution is 5.71. The van der Waals surface area contributed by atoms with E-state index >= 15 is 0 Å². The summed E-state index contributed by atoms with van der Waals surface area (Å²) < 4.78 is 37.8. The molecule has 0 saturated heterocycles. The molecule has 0 radical (unpaired) electrons. The quantitative estimate of drug-likeness (QED) is 0.868. The van der Waals surface area contributed by atoms with Crippen LogP contribution in [0.15, 0.2) is 12.1 Å². The summed E-state index contributed by atoms with van der Waals surface area (Å²) in [5, 5.41) is 17.2. The van der Waals surface area contributed by atoms with Gasteiger partial charge in [0.05, 0.1) is 23.6 Å². The van der Waals surface area contributed by atoms with E-state index in [1.807, 2.05) is 0 Å². The minimum absolute atomic E-state index is 0.0591. The van der Waals surface area contributed by atoms with E-state index in [1.165, 1.54) is 13.0 Å². The highest BCUT2D eigenvalue weighted by atomic mass is 19.4. The Morgan fingerprint density at radius 3 is 2.47 bits per heavy atom. The van der Waals surface area contributed by atoms with Gasteiger partial charge in [0.15, 0.2) is 0 Å². The molecule has 0 atom stereocenters. The molecule has 1 aromatic rings. The van der Waals surface area contributed by atoms with E-state index in [1.54, 1.807) is 0 Å². The second kappa shape index (κ2) is 4.45. The molecule has 0 heterocycles. The van der Waals surface area contributed by atoms with Crippen LogP contribution in [0.25, 0.3) is 0 Å². The molecule has 0 amide bonds. The van der Waals surface area contributed by atoms with Crippen molar-refractivity contribution in [2.75, 3.05) is 0 Å². The normalized spacial score (nSPS) is 11.0. The predicted molar refractivity (Wildman–Crippen MR) is 52.2 cm³/mol. The molecule has 0 unspecified atom stereocenters. The minimum atomic E-state index is -4.66. The summed E-state index contributed by atoms with van der Waals surface area (Å²) in [6.07, 6.45) is -5.16. The summed E-state index contributed by atoms with van der Waals surface area (Å²) in [7, 11) is 0. The Labute approximate surface area is 95.1 Å². The first-order valence-corrected chi connectivity index (χ1v) is 4.58. The Bertz CT molecular complexity index is 501. The number of carboxylic acids is 1. The van der Waals surface area contributed by atoms with Crippen LogP contribution in [-0.4, -0.2) is 11.1 Å². The Morgan fingerprint density at radius 2 is 2.06 bits per heavy atom. The zero-order valence-corrected chi connectivity index (χ0v) is 8.80. The number of carboxylic acid groups (broad SMARTS) is 1. The van der Waals surface area contributed by atoms with Gasteiger partial charge in [0, 0.05) is 0 Å². The molecule has 1 aromatic carbocycles. The van der Waals surface area contributed by atoms with Crippen molar-refractivity contribution >= 4 is 5.97 Å². The zero-order chi connectivity index (χ0) is 13.2. The van der Waals surface area contributed by atoms with Crippen molar-refractivity contribution in [1.82, 2.24) is 0 Å². The van der Waals surface area contributed by atoms with Crippen molar-refractivity contribution in [1.29, 1.82) is 5.26 Å². The molecule has 1 rings (SSSR count). The largest absolute Gasteiger partial charge is 0.481 e. The lowest BCUT2D eigenvalue weighted by atomic mass is 9.97. The van der Waals surface area contributed by atoms with Crippen molar-refractivity contribution in [3.8, 4) is 6.07 Å². The van der Waals surface area contributed by atoms with Crippen molar-refractivity contribution in [2.45, 2.75) is 19.5 Å². The van der Waals surface area contributed by atoms with Gasteiger partial charge in [-0.2, -0.15) is 18.4 Å². The standard InChI is InChI=1S/C11H8F3NO2/c1-6-2-8(5-15)9(11(12,13)14)3-7(6)4-10(16)17/h2-3H,4H2,1H3,(H,16,17). The summed E-state index contributed by atoms with van der Waals surface area (Å²) in [4.78, 5) is 10.5. The number of aliphatic carboxylic acids is 1. The maximum absolute atomic E-state index is 12.6. The molecule has 0 aliphatic heterocycles. The highest BCUT2D eigenvalue weighted by Crippen LogP contribution is 2.33. The van der Waals surface area contributed by atoms with Gasteiger partial charge < -0.3 is 5.11 Å². The van der Waals surface area contributed by atoms with Crippen LogP contribution in [0, 0.1) is 18.3 Å². The third kappa shape index (κ3) is 2.97. The zero-order valence-electron chi connectivity index (χ0n) is 8.80. The van der Waals surface area contributed by atoms with Crippen LogP contribution in [0.5, 0.6) is 0 Å². The van der Waals surface area contributed by atoms with Crippen LogP contribution in [0.3, 0.4) is 0 Å². The number of halogens is 3. The molecule has 0 aromatic heterocycles. The number of hydrogen-bond donors (Lipinski definition) is 1. The molecule has 3 nitrogen and oxygen atoms in total. The molecule has 1 N–H and O–H groups in total. The number of carbonyl (C=O) groups is 1. The first-order chi connectivity index (χ1) is 7.75. The number of alkyl halides is 3. The molecule has 90 valence electrons. The molecular weight excluding hydrogens is 235 g/mol. The number of hydrogen-bond acceptors (Lipinski definition) is 2. The van der Waals surface area contributed by atoms with Crippen LogP contribution < -0.4 is 0 Å². The van der Waals surface area contributed by atoms with E-state index in [2.05, 4.69) is 0 Å². The number of nitrogens with zero attached hydrogens (tertiary/aromatic N) is 1. The van der Waals surface area contributed by atoms with Gasteiger partial charge in [-0.15, -0.1) is 0 Å². The monoisotopic (exact) mass is 243 g/mol. The van der Waals surface area contributed by atoms with Gasteiger partial charge >= 0.3 is 12.1 Å². The van der Waals surface area contributed by atoms with Gasteiger partial charge in [0.1, 0.15) is 0 Å². The third-order valence-corrected chi connectivity index (χ3v) is 2.24. The lowest BCUT2D eigenvalue weighted by Crippen LogP contribution is -2.11. The van der Waals surface area contributed by atoms with Crippen LogP contribution in [0.1, 0.15) is 22.3 Å². The average molecular weight is 243 g/mol. The maximum Gasteiger partial charge on any atom is 0.417 e. The third-order valence-electron chi connectivity index (χ3n) is 2.24. The lowest BCUT2D eigenvalue weighted by Gasteiger charge is -2.12. The van der Waals surface area contributed by atoms with E-state index in [9.17, 15) is 18.0 Å². The fourth-order valence-corrected chi connectivity index (χ4v) is 1.43. The van der Waals surface area contributed by atoms with Crippen LogP contribution >= 0.6 is 0 Å². The first kappa shape index (κ1) is 13.0. The van der Waals surface area contributed by atoms with Gasteiger partial charge in [-0.25, -0.2) is 0 Å². The SMILES string of the molecule is Cc1cc(C#N)c(C(F)(F)F)cc1CC(=O)O. The summed E-state index contributed by atoms with van der Waals surface area (Å²) >= 11 is 0. The Balaban J connectivity index is 3.39. The van der Waals surface area contributed by atoms with Gasteiger partial charge in [0.2, 0.25) is 0 Å². The second-order valence-corrected chi connectivity index (χ2v) is 3.50. The molecule has 0 saturated carbocycles. The second-order valence-electron chi connectivity index (χ2n) is 3.50. The molecule has 0 spiro atoms. The van der Waals surface area contributed by atoms with E-state index in [0.717, 1.165) is 12.1 Å². The van der Waals surface area contributed by atoms with Crippen molar-refractivity contribution in [2.24, 2.45) is 0 Å². The van der Waals surface area contributed by atoms with Gasteiger partial charge in [-0.3, -0.25) is 4.79 Å². The van der Waals surface area contributed by atoms with Crippen molar-refractivity contribution in [3.63, 3.8) is 0 Å². The van der Waals surface area contributed by atoms with Gasteiger partial charge in [-0.1, -0.05) is 0 Å². The van der Waals surface area contributed by atoms with Gasteiger partial charge in [0.25, 0.3) is 0 Å². The van der Waals surface area contributed by atoms with E-state index in [4.69, 9.17) is 10.4 Å². The Kier molecular flexibility index (Phi) is 3.42. The number of aryl methyl sites for hydroxylation is 1. The molecular formula is C11H8F3NO2. The number of rotatable bonds is 2. The Morgan fingerprint density at radius 1 is 1.47 bits per heavy atom. The molecule has 0 bridgehead atoms. The van der Waals surface area contributed by atoms with E-state index < -0.39 is 29.7 Å². The molecule has 0 aliphatic rings. The predicted octanol–water partition coefficient (Wildman–Crippen LogP) is 2.51. The fraction of sp³-hybridized carbons (Fsp3) is 0.273. The van der Waals surface area contributed by atoms with Crippen molar-refractivity contribution < 1.29 is 23.1 Å². The topological polar surface area (TPSA) is 61.1 Å². The highest BCUT2D eigenvalue weighted by Gasteiger charge is 2.34. The number of benzene rings is 1. The molecule has 0 aliphatic carbocycles. The molecule has 0 fully saturated rings. The molecule has 6 heteroatoms. The minimum Gasteiger partial charge on any atom is -0.481 e. The van der Waals surface area contributed by atoms with Gasteiger partial charge in [-0.05, 0) is 30.2 Å². The van der Waals surface area contributed by atoms with E-state index in [0.29, 0.717) is 5.56 Å². The van der Waals surface area contributed by atoms with Crippen LogP contribution in [0.2, 0.25) is 0 Å². The smallest absolute Gasteiger partial charge is 0.417 e. The lowest BCUT2D eigenvalue weighted by molar-refractivity contribution is -0.139.